The minimum Gasteiger partial charge on any atom is -0.0999 e. The predicted molar refractivity (Wildman–Crippen MR) is 61.8 cm³/mol. The van der Waals surface area contributed by atoms with E-state index >= 15 is 0 Å². The summed E-state index contributed by atoms with van der Waals surface area (Å²) in [5.41, 5.74) is 1.74. The molecule has 0 aliphatic carbocycles. The Balaban J connectivity index is 4.51. The van der Waals surface area contributed by atoms with E-state index in [4.69, 9.17) is 0 Å². The van der Waals surface area contributed by atoms with E-state index < -0.39 is 0 Å². The van der Waals surface area contributed by atoms with Crippen LogP contribution in [0.1, 0.15) is 54.4 Å². The van der Waals surface area contributed by atoms with Crippen LogP contribution in [0.25, 0.3) is 0 Å². The quantitative estimate of drug-likeness (QED) is 0.555. The number of hydrogen-bond acceptors (Lipinski definition) is 0. The van der Waals surface area contributed by atoms with Crippen molar-refractivity contribution >= 4 is 0 Å². The Morgan fingerprint density at radius 3 is 2.00 bits per heavy atom. The van der Waals surface area contributed by atoms with Crippen molar-refractivity contribution in [2.45, 2.75) is 54.4 Å². The highest BCUT2D eigenvalue weighted by Crippen LogP contribution is 2.38. The molecule has 0 radical (unpaired) electrons. The second kappa shape index (κ2) is 4.83. The summed E-state index contributed by atoms with van der Waals surface area (Å²) in [7, 11) is 0. The summed E-state index contributed by atoms with van der Waals surface area (Å²) in [5, 5.41) is 0. The van der Waals surface area contributed by atoms with Gasteiger partial charge in [-0.2, -0.15) is 0 Å². The summed E-state index contributed by atoms with van der Waals surface area (Å²) < 4.78 is 0. The molecule has 0 spiro atoms. The van der Waals surface area contributed by atoms with Gasteiger partial charge in [0.1, 0.15) is 0 Å². The Morgan fingerprint density at radius 1 is 1.31 bits per heavy atom. The topological polar surface area (TPSA) is 0 Å². The van der Waals surface area contributed by atoms with Gasteiger partial charge in [-0.1, -0.05) is 53.2 Å². The average Bonchev–Trinajstić information content (AvgIpc) is 1.96. The van der Waals surface area contributed by atoms with E-state index in [1.807, 2.05) is 0 Å². The van der Waals surface area contributed by atoms with Crippen LogP contribution in [0.2, 0.25) is 0 Å². The molecule has 0 aliphatic rings. The first-order valence-electron chi connectivity index (χ1n) is 5.46. The lowest BCUT2D eigenvalue weighted by molar-refractivity contribution is 0.173. The third kappa shape index (κ3) is 3.97. The summed E-state index contributed by atoms with van der Waals surface area (Å²) in [6, 6.07) is 0. The van der Waals surface area contributed by atoms with Crippen LogP contribution in [-0.4, -0.2) is 0 Å². The first-order chi connectivity index (χ1) is 5.80. The molecule has 0 aromatic carbocycles. The van der Waals surface area contributed by atoms with Crippen LogP contribution >= 0.6 is 0 Å². The first kappa shape index (κ1) is 12.7. The average molecular weight is 182 g/mol. The minimum atomic E-state index is 0.411. The maximum atomic E-state index is 4.07. The van der Waals surface area contributed by atoms with Crippen LogP contribution in [-0.2, 0) is 0 Å². The molecule has 0 heteroatoms. The lowest BCUT2D eigenvalue weighted by Gasteiger charge is -2.36. The zero-order chi connectivity index (χ0) is 10.6. The van der Waals surface area contributed by atoms with Crippen molar-refractivity contribution in [1.82, 2.24) is 0 Å². The minimum absolute atomic E-state index is 0.411. The summed E-state index contributed by atoms with van der Waals surface area (Å²) >= 11 is 0. The third-order valence-electron chi connectivity index (χ3n) is 3.09. The fraction of sp³-hybridized carbons (Fsp3) is 0.846. The zero-order valence-corrected chi connectivity index (χ0v) is 10.3. The zero-order valence-electron chi connectivity index (χ0n) is 10.3. The highest BCUT2D eigenvalue weighted by Gasteiger charge is 2.28. The van der Waals surface area contributed by atoms with E-state index in [1.165, 1.54) is 18.4 Å². The maximum absolute atomic E-state index is 4.07. The molecule has 0 aromatic rings. The van der Waals surface area contributed by atoms with Crippen molar-refractivity contribution < 1.29 is 0 Å². The second-order valence-corrected chi connectivity index (χ2v) is 5.40. The van der Waals surface area contributed by atoms with Crippen molar-refractivity contribution in [3.63, 3.8) is 0 Å². The monoisotopic (exact) mass is 182 g/mol. The van der Waals surface area contributed by atoms with E-state index in [2.05, 4.69) is 48.1 Å². The van der Waals surface area contributed by atoms with Gasteiger partial charge >= 0.3 is 0 Å². The summed E-state index contributed by atoms with van der Waals surface area (Å²) in [4.78, 5) is 0. The van der Waals surface area contributed by atoms with E-state index in [9.17, 15) is 0 Å². The van der Waals surface area contributed by atoms with Crippen LogP contribution < -0.4 is 0 Å². The molecule has 13 heavy (non-hydrogen) atoms. The molecule has 0 saturated carbocycles. The second-order valence-electron chi connectivity index (χ2n) is 5.40. The molecule has 0 N–H and O–H groups in total. The highest BCUT2D eigenvalue weighted by atomic mass is 14.3. The molecule has 0 aliphatic heterocycles. The normalized spacial score (nSPS) is 16.8. The van der Waals surface area contributed by atoms with Crippen LogP contribution in [0, 0.1) is 17.3 Å². The lowest BCUT2D eigenvalue weighted by Crippen LogP contribution is -2.27. The van der Waals surface area contributed by atoms with Gasteiger partial charge in [-0.15, -0.1) is 0 Å². The van der Waals surface area contributed by atoms with Crippen molar-refractivity contribution in [1.29, 1.82) is 0 Å². The van der Waals surface area contributed by atoms with E-state index in [0.29, 0.717) is 11.3 Å². The molecule has 0 saturated heterocycles. The predicted octanol–water partition coefficient (Wildman–Crippen LogP) is 4.66. The maximum Gasteiger partial charge on any atom is -0.0204 e. The molecule has 0 nitrogen and oxygen atoms in total. The molecular formula is C13H26. The summed E-state index contributed by atoms with van der Waals surface area (Å²) in [6.07, 6.45) is 2.59. The standard InChI is InChI=1S/C13H26/c1-8-9-12(13(5,6)7)11(4)10(2)3/h11-12H,2,8-9H2,1,3-7H3. The van der Waals surface area contributed by atoms with Crippen molar-refractivity contribution in [3.05, 3.63) is 12.2 Å². The Kier molecular flexibility index (Phi) is 4.74. The largest absolute Gasteiger partial charge is 0.0999 e. The van der Waals surface area contributed by atoms with Gasteiger partial charge in [0.2, 0.25) is 0 Å². The van der Waals surface area contributed by atoms with Gasteiger partial charge in [-0.3, -0.25) is 0 Å². The molecule has 2 unspecified atom stereocenters. The summed E-state index contributed by atoms with van der Waals surface area (Å²) in [5.74, 6) is 1.43. The lowest BCUT2D eigenvalue weighted by atomic mass is 9.70. The Bertz CT molecular complexity index is 159. The Morgan fingerprint density at radius 2 is 1.77 bits per heavy atom. The molecule has 2 atom stereocenters. The summed E-state index contributed by atoms with van der Waals surface area (Å²) in [6.45, 7) is 17.8. The molecule has 0 fully saturated rings. The fourth-order valence-electron chi connectivity index (χ4n) is 2.09. The van der Waals surface area contributed by atoms with Crippen LogP contribution in [0.5, 0.6) is 0 Å². The van der Waals surface area contributed by atoms with E-state index in [1.54, 1.807) is 0 Å². The SMILES string of the molecule is C=C(C)C(C)C(CCC)C(C)(C)C. The molecule has 0 rings (SSSR count). The van der Waals surface area contributed by atoms with Crippen LogP contribution in [0.4, 0.5) is 0 Å². The molecule has 78 valence electrons. The van der Waals surface area contributed by atoms with Gasteiger partial charge in [-0.05, 0) is 30.6 Å². The van der Waals surface area contributed by atoms with Gasteiger partial charge in [0.25, 0.3) is 0 Å². The van der Waals surface area contributed by atoms with Crippen molar-refractivity contribution in [2.24, 2.45) is 17.3 Å². The highest BCUT2D eigenvalue weighted by molar-refractivity contribution is 4.99. The van der Waals surface area contributed by atoms with E-state index in [-0.39, 0.29) is 0 Å². The van der Waals surface area contributed by atoms with Gasteiger partial charge < -0.3 is 0 Å². The molecule has 0 heterocycles. The Hall–Kier alpha value is -0.260. The number of hydrogen-bond donors (Lipinski definition) is 0. The molecular weight excluding hydrogens is 156 g/mol. The van der Waals surface area contributed by atoms with Crippen LogP contribution in [0.15, 0.2) is 12.2 Å². The smallest absolute Gasteiger partial charge is 0.0204 e. The van der Waals surface area contributed by atoms with E-state index in [0.717, 1.165) is 5.92 Å². The molecule has 0 aromatic heterocycles. The van der Waals surface area contributed by atoms with Crippen molar-refractivity contribution in [3.8, 4) is 0 Å². The molecule has 0 amide bonds. The molecule has 0 bridgehead atoms. The van der Waals surface area contributed by atoms with Gasteiger partial charge in [0.15, 0.2) is 0 Å². The van der Waals surface area contributed by atoms with Gasteiger partial charge in [0, 0.05) is 0 Å². The fourth-order valence-corrected chi connectivity index (χ4v) is 2.09. The first-order valence-corrected chi connectivity index (χ1v) is 5.46. The number of rotatable bonds is 4. The Labute approximate surface area is 84.4 Å². The van der Waals surface area contributed by atoms with Gasteiger partial charge in [0.05, 0.1) is 0 Å². The van der Waals surface area contributed by atoms with Crippen LogP contribution in [0.3, 0.4) is 0 Å². The third-order valence-corrected chi connectivity index (χ3v) is 3.09. The van der Waals surface area contributed by atoms with Crippen molar-refractivity contribution in [2.75, 3.05) is 0 Å². The van der Waals surface area contributed by atoms with Gasteiger partial charge in [-0.25, -0.2) is 0 Å². The number of allylic oxidation sites excluding steroid dienone is 1.